The molecular formula is C16H22N2O2S. The number of ether oxygens (including phenoxy) is 2. The van der Waals surface area contributed by atoms with Crippen molar-refractivity contribution in [3.63, 3.8) is 0 Å². The van der Waals surface area contributed by atoms with Gasteiger partial charge in [-0.3, -0.25) is 0 Å². The predicted octanol–water partition coefficient (Wildman–Crippen LogP) is 3.80. The van der Waals surface area contributed by atoms with Crippen LogP contribution in [-0.4, -0.2) is 18.7 Å². The number of hydrogen-bond acceptors (Lipinski definition) is 5. The molecule has 1 atom stereocenters. The molecule has 0 saturated carbocycles. The first-order valence-corrected chi connectivity index (χ1v) is 7.98. The van der Waals surface area contributed by atoms with Gasteiger partial charge in [0.1, 0.15) is 5.01 Å². The van der Waals surface area contributed by atoms with Gasteiger partial charge in [-0.1, -0.05) is 6.92 Å². The van der Waals surface area contributed by atoms with Gasteiger partial charge in [0.05, 0.1) is 19.4 Å². The van der Waals surface area contributed by atoms with Gasteiger partial charge in [-0.05, 0) is 38.5 Å². The van der Waals surface area contributed by atoms with Crippen molar-refractivity contribution in [3.05, 3.63) is 28.8 Å². The van der Waals surface area contributed by atoms with E-state index in [2.05, 4.69) is 6.92 Å². The number of rotatable bonds is 6. The fraction of sp³-hybridized carbons (Fsp3) is 0.438. The highest BCUT2D eigenvalue weighted by Crippen LogP contribution is 2.36. The number of benzene rings is 1. The fourth-order valence-corrected chi connectivity index (χ4v) is 3.28. The molecule has 21 heavy (non-hydrogen) atoms. The van der Waals surface area contributed by atoms with Gasteiger partial charge in [0.15, 0.2) is 11.5 Å². The average Bonchev–Trinajstić information content (AvgIpc) is 2.92. The summed E-state index contributed by atoms with van der Waals surface area (Å²) in [6, 6.07) is 5.91. The van der Waals surface area contributed by atoms with Gasteiger partial charge in [-0.2, -0.15) is 0 Å². The maximum atomic E-state index is 6.03. The summed E-state index contributed by atoms with van der Waals surface area (Å²) in [6.45, 7) is 6.66. The van der Waals surface area contributed by atoms with Crippen LogP contribution in [0.5, 0.6) is 11.5 Å². The highest BCUT2D eigenvalue weighted by Gasteiger charge is 2.15. The van der Waals surface area contributed by atoms with E-state index in [-0.39, 0.29) is 6.04 Å². The lowest BCUT2D eigenvalue weighted by Gasteiger charge is -2.10. The molecule has 0 amide bonds. The standard InChI is InChI=1S/C16H22N2O2S/c1-5-12-15(10(3)17)21-16(18-12)11-7-8-13(19-4)14(9-11)20-6-2/h7-10H,5-6,17H2,1-4H3. The summed E-state index contributed by atoms with van der Waals surface area (Å²) in [6.07, 6.45) is 0.891. The molecule has 5 heteroatoms. The number of aryl methyl sites for hydroxylation is 1. The molecule has 0 fully saturated rings. The summed E-state index contributed by atoms with van der Waals surface area (Å²) in [4.78, 5) is 5.87. The van der Waals surface area contributed by atoms with Crippen molar-refractivity contribution in [3.8, 4) is 22.1 Å². The molecule has 0 spiro atoms. The van der Waals surface area contributed by atoms with E-state index < -0.39 is 0 Å². The molecule has 1 aromatic heterocycles. The molecule has 0 aliphatic carbocycles. The summed E-state index contributed by atoms with van der Waals surface area (Å²) in [5, 5.41) is 0.975. The minimum absolute atomic E-state index is 0.0100. The van der Waals surface area contributed by atoms with Crippen LogP contribution in [0.15, 0.2) is 18.2 Å². The van der Waals surface area contributed by atoms with Crippen molar-refractivity contribution in [2.75, 3.05) is 13.7 Å². The van der Waals surface area contributed by atoms with Crippen LogP contribution >= 0.6 is 11.3 Å². The third-order valence-corrected chi connectivity index (χ3v) is 4.53. The van der Waals surface area contributed by atoms with Crippen LogP contribution in [0, 0.1) is 0 Å². The highest BCUT2D eigenvalue weighted by atomic mass is 32.1. The highest BCUT2D eigenvalue weighted by molar-refractivity contribution is 7.15. The molecule has 4 nitrogen and oxygen atoms in total. The minimum Gasteiger partial charge on any atom is -0.493 e. The van der Waals surface area contributed by atoms with Crippen LogP contribution in [0.4, 0.5) is 0 Å². The molecule has 0 aliphatic rings. The number of nitrogens with zero attached hydrogens (tertiary/aromatic N) is 1. The van der Waals surface area contributed by atoms with Gasteiger partial charge in [0.2, 0.25) is 0 Å². The van der Waals surface area contributed by atoms with E-state index in [0.717, 1.165) is 39.1 Å². The lowest BCUT2D eigenvalue weighted by molar-refractivity contribution is 0.311. The van der Waals surface area contributed by atoms with Gasteiger partial charge in [0, 0.05) is 16.5 Å². The molecule has 114 valence electrons. The number of methoxy groups -OCH3 is 1. The molecule has 2 N–H and O–H groups in total. The predicted molar refractivity (Wildman–Crippen MR) is 87.3 cm³/mol. The minimum atomic E-state index is 0.0100. The van der Waals surface area contributed by atoms with E-state index in [1.807, 2.05) is 32.0 Å². The SMILES string of the molecule is CCOc1cc(-c2nc(CC)c(C(C)N)s2)ccc1OC. The Labute approximate surface area is 129 Å². The zero-order chi connectivity index (χ0) is 15.4. The number of aromatic nitrogens is 1. The van der Waals surface area contributed by atoms with Crippen molar-refractivity contribution >= 4 is 11.3 Å². The molecule has 0 aliphatic heterocycles. The zero-order valence-electron chi connectivity index (χ0n) is 13.0. The smallest absolute Gasteiger partial charge is 0.161 e. The third-order valence-electron chi connectivity index (χ3n) is 3.19. The molecular weight excluding hydrogens is 284 g/mol. The number of nitrogens with two attached hydrogens (primary N) is 1. The van der Waals surface area contributed by atoms with Crippen molar-refractivity contribution in [1.82, 2.24) is 4.98 Å². The Morgan fingerprint density at radius 2 is 2.05 bits per heavy atom. The van der Waals surface area contributed by atoms with Crippen molar-refractivity contribution < 1.29 is 9.47 Å². The van der Waals surface area contributed by atoms with E-state index in [1.54, 1.807) is 18.4 Å². The summed E-state index contributed by atoms with van der Waals surface area (Å²) >= 11 is 1.65. The normalized spacial score (nSPS) is 12.2. The first-order valence-electron chi connectivity index (χ1n) is 7.17. The quantitative estimate of drug-likeness (QED) is 0.882. The van der Waals surface area contributed by atoms with Gasteiger partial charge in [0.25, 0.3) is 0 Å². The second kappa shape index (κ2) is 6.91. The molecule has 2 rings (SSSR count). The van der Waals surface area contributed by atoms with E-state index in [9.17, 15) is 0 Å². The summed E-state index contributed by atoms with van der Waals surface area (Å²) in [7, 11) is 1.64. The molecule has 1 aromatic carbocycles. The lowest BCUT2D eigenvalue weighted by atomic mass is 10.2. The van der Waals surface area contributed by atoms with E-state index >= 15 is 0 Å². The Bertz CT molecular complexity index is 608. The Balaban J connectivity index is 2.44. The van der Waals surface area contributed by atoms with Crippen LogP contribution in [0.25, 0.3) is 10.6 Å². The summed E-state index contributed by atoms with van der Waals surface area (Å²) < 4.78 is 10.9. The molecule has 0 saturated heterocycles. The average molecular weight is 306 g/mol. The van der Waals surface area contributed by atoms with E-state index in [0.29, 0.717) is 6.61 Å². The number of thiazole rings is 1. The Hall–Kier alpha value is -1.59. The maximum absolute atomic E-state index is 6.03. The summed E-state index contributed by atoms with van der Waals surface area (Å²) in [5.74, 6) is 1.48. The van der Waals surface area contributed by atoms with Crippen LogP contribution in [0.2, 0.25) is 0 Å². The first kappa shape index (κ1) is 15.8. The van der Waals surface area contributed by atoms with Crippen LogP contribution in [0.3, 0.4) is 0 Å². The Morgan fingerprint density at radius 3 is 2.57 bits per heavy atom. The van der Waals surface area contributed by atoms with Gasteiger partial charge in [-0.15, -0.1) is 11.3 Å². The van der Waals surface area contributed by atoms with Crippen LogP contribution in [-0.2, 0) is 6.42 Å². The first-order chi connectivity index (χ1) is 10.1. The molecule has 0 bridgehead atoms. The third kappa shape index (κ3) is 3.36. The molecule has 1 heterocycles. The Morgan fingerprint density at radius 1 is 1.29 bits per heavy atom. The van der Waals surface area contributed by atoms with E-state index in [4.69, 9.17) is 20.2 Å². The number of hydrogen-bond donors (Lipinski definition) is 1. The van der Waals surface area contributed by atoms with Crippen molar-refractivity contribution in [1.29, 1.82) is 0 Å². The topological polar surface area (TPSA) is 57.4 Å². The second-order valence-corrected chi connectivity index (χ2v) is 5.80. The molecule has 1 unspecified atom stereocenters. The maximum Gasteiger partial charge on any atom is 0.161 e. The van der Waals surface area contributed by atoms with Gasteiger partial charge < -0.3 is 15.2 Å². The second-order valence-electron chi connectivity index (χ2n) is 4.77. The Kier molecular flexibility index (Phi) is 5.20. The lowest BCUT2D eigenvalue weighted by Crippen LogP contribution is -2.05. The monoisotopic (exact) mass is 306 g/mol. The zero-order valence-corrected chi connectivity index (χ0v) is 13.8. The van der Waals surface area contributed by atoms with Crippen LogP contribution in [0.1, 0.15) is 37.4 Å². The van der Waals surface area contributed by atoms with Crippen LogP contribution < -0.4 is 15.2 Å². The van der Waals surface area contributed by atoms with Gasteiger partial charge in [-0.25, -0.2) is 4.98 Å². The van der Waals surface area contributed by atoms with Crippen molar-refractivity contribution in [2.45, 2.75) is 33.2 Å². The molecule has 2 aromatic rings. The summed E-state index contributed by atoms with van der Waals surface area (Å²) in [5.41, 5.74) is 8.15. The van der Waals surface area contributed by atoms with Gasteiger partial charge >= 0.3 is 0 Å². The molecule has 0 radical (unpaired) electrons. The van der Waals surface area contributed by atoms with Crippen molar-refractivity contribution in [2.24, 2.45) is 5.73 Å². The largest absolute Gasteiger partial charge is 0.493 e. The van der Waals surface area contributed by atoms with E-state index in [1.165, 1.54) is 0 Å². The fourth-order valence-electron chi connectivity index (χ4n) is 2.17.